The molecule has 23 heavy (non-hydrogen) atoms. The lowest BCUT2D eigenvalue weighted by atomic mass is 9.90. The van der Waals surface area contributed by atoms with E-state index < -0.39 is 22.2 Å². The third kappa shape index (κ3) is 6.61. The number of carboxylic acid groups (broad SMARTS) is 1. The molecule has 0 aliphatic carbocycles. The first kappa shape index (κ1) is 20.1. The normalized spacial score (nSPS) is 28.3. The third-order valence-corrected chi connectivity index (χ3v) is 5.12. The largest absolute Gasteiger partial charge is 0.490 e. The standard InChI is InChI=1S/C10H20N2O3S.C2HF3O2/c1-2-16(13,14)12-9-3-6-15-10(7-9)4-5-11-8-10;3-2(4,5)1(6)7/h9,11-12H,2-8H2,1H3;(H,6,7)/t9-,10+;/m0./s1. The van der Waals surface area contributed by atoms with E-state index in [1.807, 2.05) is 0 Å². The SMILES string of the molecule is CCS(=O)(=O)N[C@H]1CCO[C@]2(CCNC2)C1.O=C(O)C(F)(F)F. The van der Waals surface area contributed by atoms with E-state index in [9.17, 15) is 21.6 Å². The Labute approximate surface area is 132 Å². The number of ether oxygens (including phenoxy) is 1. The minimum Gasteiger partial charge on any atom is -0.475 e. The van der Waals surface area contributed by atoms with Crippen LogP contribution in [0.4, 0.5) is 13.2 Å². The van der Waals surface area contributed by atoms with Crippen LogP contribution in [-0.2, 0) is 19.6 Å². The molecule has 7 nitrogen and oxygen atoms in total. The Balaban J connectivity index is 0.000000322. The Kier molecular flexibility index (Phi) is 6.81. The highest BCUT2D eigenvalue weighted by Crippen LogP contribution is 2.30. The molecule has 136 valence electrons. The molecule has 2 aliphatic heterocycles. The zero-order chi connectivity index (χ0) is 17.7. The second kappa shape index (κ2) is 7.77. The van der Waals surface area contributed by atoms with Crippen molar-refractivity contribution in [3.63, 3.8) is 0 Å². The van der Waals surface area contributed by atoms with E-state index in [1.165, 1.54) is 0 Å². The van der Waals surface area contributed by atoms with Crippen molar-refractivity contribution in [3.8, 4) is 0 Å². The lowest BCUT2D eigenvalue weighted by Crippen LogP contribution is -2.49. The van der Waals surface area contributed by atoms with Crippen LogP contribution in [0.3, 0.4) is 0 Å². The summed E-state index contributed by atoms with van der Waals surface area (Å²) < 4.78 is 63.3. The lowest BCUT2D eigenvalue weighted by Gasteiger charge is -2.37. The average molecular weight is 362 g/mol. The molecule has 0 bridgehead atoms. The molecular weight excluding hydrogens is 341 g/mol. The van der Waals surface area contributed by atoms with Crippen molar-refractivity contribution in [1.29, 1.82) is 0 Å². The summed E-state index contributed by atoms with van der Waals surface area (Å²) in [7, 11) is -3.09. The number of aliphatic carboxylic acids is 1. The first-order valence-electron chi connectivity index (χ1n) is 7.14. The van der Waals surface area contributed by atoms with Crippen molar-refractivity contribution in [2.24, 2.45) is 0 Å². The Morgan fingerprint density at radius 3 is 2.52 bits per heavy atom. The Morgan fingerprint density at radius 2 is 2.09 bits per heavy atom. The molecule has 2 aliphatic rings. The number of rotatable bonds is 3. The minimum atomic E-state index is -5.08. The second-order valence-corrected chi connectivity index (χ2v) is 7.51. The average Bonchev–Trinajstić information content (AvgIpc) is 2.86. The predicted octanol–water partition coefficient (Wildman–Crippen LogP) is 0.470. The van der Waals surface area contributed by atoms with Gasteiger partial charge in [0.25, 0.3) is 0 Å². The number of hydrogen-bond acceptors (Lipinski definition) is 5. The molecule has 0 unspecified atom stereocenters. The molecule has 2 atom stereocenters. The molecule has 0 aromatic heterocycles. The number of carbonyl (C=O) groups is 1. The molecule has 0 radical (unpaired) electrons. The monoisotopic (exact) mass is 362 g/mol. The summed E-state index contributed by atoms with van der Waals surface area (Å²) in [6.45, 7) is 4.12. The number of alkyl halides is 3. The molecule has 2 heterocycles. The maximum Gasteiger partial charge on any atom is 0.490 e. The molecule has 0 aromatic carbocycles. The summed E-state index contributed by atoms with van der Waals surface area (Å²) in [4.78, 5) is 8.90. The Hall–Kier alpha value is -0.910. The lowest BCUT2D eigenvalue weighted by molar-refractivity contribution is -0.192. The second-order valence-electron chi connectivity index (χ2n) is 5.47. The molecule has 11 heteroatoms. The summed E-state index contributed by atoms with van der Waals surface area (Å²) in [6.07, 6.45) is -2.53. The van der Waals surface area contributed by atoms with Crippen molar-refractivity contribution in [3.05, 3.63) is 0 Å². The Morgan fingerprint density at radius 1 is 1.48 bits per heavy atom. The van der Waals surface area contributed by atoms with Gasteiger partial charge in [-0.3, -0.25) is 0 Å². The zero-order valence-corrected chi connectivity index (χ0v) is 13.5. The van der Waals surface area contributed by atoms with Crippen LogP contribution >= 0.6 is 0 Å². The van der Waals surface area contributed by atoms with Gasteiger partial charge < -0.3 is 15.2 Å². The van der Waals surface area contributed by atoms with Gasteiger partial charge in [0, 0.05) is 19.2 Å². The number of halogens is 3. The van der Waals surface area contributed by atoms with Crippen LogP contribution < -0.4 is 10.0 Å². The smallest absolute Gasteiger partial charge is 0.475 e. The van der Waals surface area contributed by atoms with Crippen LogP contribution in [0, 0.1) is 0 Å². The molecule has 2 saturated heterocycles. The number of sulfonamides is 1. The van der Waals surface area contributed by atoms with Gasteiger partial charge in [-0.2, -0.15) is 13.2 Å². The van der Waals surface area contributed by atoms with E-state index in [0.29, 0.717) is 6.61 Å². The van der Waals surface area contributed by atoms with Gasteiger partial charge in [-0.25, -0.2) is 17.9 Å². The van der Waals surface area contributed by atoms with Crippen molar-refractivity contribution >= 4 is 16.0 Å². The van der Waals surface area contributed by atoms with Crippen LogP contribution in [0.1, 0.15) is 26.2 Å². The van der Waals surface area contributed by atoms with E-state index in [4.69, 9.17) is 14.6 Å². The van der Waals surface area contributed by atoms with E-state index in [2.05, 4.69) is 10.0 Å². The molecule has 2 fully saturated rings. The van der Waals surface area contributed by atoms with Gasteiger partial charge in [0.2, 0.25) is 10.0 Å². The highest BCUT2D eigenvalue weighted by molar-refractivity contribution is 7.89. The van der Waals surface area contributed by atoms with Gasteiger partial charge in [-0.15, -0.1) is 0 Å². The van der Waals surface area contributed by atoms with Crippen molar-refractivity contribution < 1.29 is 36.2 Å². The summed E-state index contributed by atoms with van der Waals surface area (Å²) in [5.74, 6) is -2.61. The third-order valence-electron chi connectivity index (χ3n) is 3.67. The molecule has 0 amide bonds. The number of nitrogens with one attached hydrogen (secondary N) is 2. The quantitative estimate of drug-likeness (QED) is 0.674. The fourth-order valence-corrected chi connectivity index (χ4v) is 3.36. The van der Waals surface area contributed by atoms with Crippen LogP contribution in [-0.4, -0.2) is 62.8 Å². The van der Waals surface area contributed by atoms with Crippen LogP contribution in [0.15, 0.2) is 0 Å². The van der Waals surface area contributed by atoms with Gasteiger partial charge in [-0.05, 0) is 32.7 Å². The topological polar surface area (TPSA) is 105 Å². The highest BCUT2D eigenvalue weighted by Gasteiger charge is 2.40. The van der Waals surface area contributed by atoms with E-state index in [1.54, 1.807) is 6.92 Å². The van der Waals surface area contributed by atoms with Gasteiger partial charge in [0.15, 0.2) is 0 Å². The minimum absolute atomic E-state index is 0.0404. The van der Waals surface area contributed by atoms with Gasteiger partial charge in [-0.1, -0.05) is 0 Å². The summed E-state index contributed by atoms with van der Waals surface area (Å²) >= 11 is 0. The van der Waals surface area contributed by atoms with Crippen LogP contribution in [0.2, 0.25) is 0 Å². The number of hydrogen-bond donors (Lipinski definition) is 3. The summed E-state index contributed by atoms with van der Waals surface area (Å²) in [5, 5.41) is 10.4. The number of carboxylic acids is 1. The zero-order valence-electron chi connectivity index (χ0n) is 12.6. The molecule has 0 aromatic rings. The van der Waals surface area contributed by atoms with Gasteiger partial charge in [0.05, 0.1) is 11.4 Å². The van der Waals surface area contributed by atoms with Crippen molar-refractivity contribution in [2.45, 2.75) is 44.0 Å². The highest BCUT2D eigenvalue weighted by atomic mass is 32.2. The molecule has 1 spiro atoms. The molecule has 3 N–H and O–H groups in total. The van der Waals surface area contributed by atoms with E-state index in [0.717, 1.165) is 32.4 Å². The summed E-state index contributed by atoms with van der Waals surface area (Å²) in [5.41, 5.74) is -0.126. The fourth-order valence-electron chi connectivity index (χ4n) is 2.48. The van der Waals surface area contributed by atoms with Crippen LogP contribution in [0.25, 0.3) is 0 Å². The fraction of sp³-hybridized carbons (Fsp3) is 0.917. The molecule has 0 saturated carbocycles. The first-order valence-corrected chi connectivity index (χ1v) is 8.80. The van der Waals surface area contributed by atoms with E-state index in [-0.39, 0.29) is 17.4 Å². The predicted molar refractivity (Wildman–Crippen MR) is 75.5 cm³/mol. The summed E-state index contributed by atoms with van der Waals surface area (Å²) in [6, 6.07) is 0.0404. The van der Waals surface area contributed by atoms with E-state index >= 15 is 0 Å². The maximum atomic E-state index is 11.5. The van der Waals surface area contributed by atoms with Crippen molar-refractivity contribution in [1.82, 2.24) is 10.0 Å². The van der Waals surface area contributed by atoms with Gasteiger partial charge >= 0.3 is 12.1 Å². The first-order chi connectivity index (χ1) is 10.5. The van der Waals surface area contributed by atoms with Crippen LogP contribution in [0.5, 0.6) is 0 Å². The van der Waals surface area contributed by atoms with Gasteiger partial charge in [0.1, 0.15) is 0 Å². The van der Waals surface area contributed by atoms with Crippen molar-refractivity contribution in [2.75, 3.05) is 25.4 Å². The molecule has 2 rings (SSSR count). The maximum absolute atomic E-state index is 11.5. The Bertz CT molecular complexity index is 503. The molecular formula is C12H21F3N2O5S.